The van der Waals surface area contributed by atoms with E-state index in [4.69, 9.17) is 19.2 Å². The Hall–Kier alpha value is -3.75. The van der Waals surface area contributed by atoms with Gasteiger partial charge in [-0.3, -0.25) is 9.59 Å². The third kappa shape index (κ3) is 5.10. The first-order valence-corrected chi connectivity index (χ1v) is 12.2. The number of piperidine rings is 1. The molecule has 0 saturated carbocycles. The standard InChI is InChI=1S/C27H34N4O5/c1-16(2)23(30-26(32)18-13-21(34-3)24(36-5)22(14-18)35-4)27(33)31-12-8-9-17(15-31)25-28-19-10-6-7-11-20(19)29-25/h6-7,10-11,13-14,16-17,23H,8-9,12,15H2,1-5H3,(H,28,29)(H,30,32)/t17-,23-/m0/s1. The normalized spacial score (nSPS) is 16.6. The van der Waals surface area contributed by atoms with Crippen LogP contribution < -0.4 is 19.5 Å². The molecule has 9 nitrogen and oxygen atoms in total. The summed E-state index contributed by atoms with van der Waals surface area (Å²) in [4.78, 5) is 36.8. The fourth-order valence-corrected chi connectivity index (χ4v) is 4.71. The molecule has 2 atom stereocenters. The molecule has 1 saturated heterocycles. The average molecular weight is 495 g/mol. The van der Waals surface area contributed by atoms with Gasteiger partial charge in [0.2, 0.25) is 11.7 Å². The molecule has 0 spiro atoms. The second kappa shape index (κ2) is 10.9. The van der Waals surface area contributed by atoms with Crippen molar-refractivity contribution in [2.75, 3.05) is 34.4 Å². The van der Waals surface area contributed by atoms with Crippen molar-refractivity contribution in [1.82, 2.24) is 20.2 Å². The minimum Gasteiger partial charge on any atom is -0.493 e. The van der Waals surface area contributed by atoms with Gasteiger partial charge in [-0.2, -0.15) is 0 Å². The fourth-order valence-electron chi connectivity index (χ4n) is 4.71. The average Bonchev–Trinajstić information content (AvgIpc) is 3.34. The number of amides is 2. The highest BCUT2D eigenvalue weighted by atomic mass is 16.5. The van der Waals surface area contributed by atoms with Crippen LogP contribution in [-0.2, 0) is 4.79 Å². The molecule has 0 bridgehead atoms. The zero-order valence-electron chi connectivity index (χ0n) is 21.5. The Morgan fingerprint density at radius 2 is 1.78 bits per heavy atom. The van der Waals surface area contributed by atoms with Crippen LogP contribution >= 0.6 is 0 Å². The Labute approximate surface area is 211 Å². The molecule has 9 heteroatoms. The lowest BCUT2D eigenvalue weighted by Crippen LogP contribution is -2.53. The summed E-state index contributed by atoms with van der Waals surface area (Å²) in [5.41, 5.74) is 2.24. The van der Waals surface area contributed by atoms with Gasteiger partial charge >= 0.3 is 0 Å². The number of likely N-dealkylation sites (tertiary alicyclic amines) is 1. The molecular weight excluding hydrogens is 460 g/mol. The molecule has 4 rings (SSSR count). The number of carbonyl (C=O) groups is 2. The highest BCUT2D eigenvalue weighted by Gasteiger charge is 2.33. The molecule has 36 heavy (non-hydrogen) atoms. The zero-order valence-corrected chi connectivity index (χ0v) is 21.5. The number of nitrogens with one attached hydrogen (secondary N) is 2. The van der Waals surface area contributed by atoms with E-state index in [9.17, 15) is 9.59 Å². The monoisotopic (exact) mass is 494 g/mol. The van der Waals surface area contributed by atoms with Gasteiger partial charge in [-0.15, -0.1) is 0 Å². The number of rotatable bonds is 8. The minimum absolute atomic E-state index is 0.0911. The number of imidazole rings is 1. The van der Waals surface area contributed by atoms with Gasteiger partial charge in [0.1, 0.15) is 11.9 Å². The van der Waals surface area contributed by atoms with Gasteiger partial charge in [-0.25, -0.2) is 4.98 Å². The first-order chi connectivity index (χ1) is 17.4. The van der Waals surface area contributed by atoms with Crippen molar-refractivity contribution in [3.63, 3.8) is 0 Å². The number of carbonyl (C=O) groups excluding carboxylic acids is 2. The molecule has 2 heterocycles. The minimum atomic E-state index is -0.675. The topological polar surface area (TPSA) is 106 Å². The number of para-hydroxylation sites is 2. The van der Waals surface area contributed by atoms with Crippen molar-refractivity contribution < 1.29 is 23.8 Å². The van der Waals surface area contributed by atoms with Gasteiger partial charge in [-0.05, 0) is 43.0 Å². The first-order valence-electron chi connectivity index (χ1n) is 12.2. The first kappa shape index (κ1) is 25.3. The number of aromatic nitrogens is 2. The molecule has 0 unspecified atom stereocenters. The highest BCUT2D eigenvalue weighted by Crippen LogP contribution is 2.38. The molecule has 0 aliphatic carbocycles. The number of aromatic amines is 1. The lowest BCUT2D eigenvalue weighted by Gasteiger charge is -2.35. The molecule has 2 amide bonds. The number of nitrogens with zero attached hydrogens (tertiary/aromatic N) is 2. The van der Waals surface area contributed by atoms with E-state index in [1.165, 1.54) is 21.3 Å². The molecule has 1 aliphatic rings. The van der Waals surface area contributed by atoms with Crippen molar-refractivity contribution in [3.05, 3.63) is 47.8 Å². The molecule has 2 aromatic carbocycles. The summed E-state index contributed by atoms with van der Waals surface area (Å²) in [5.74, 6) is 1.59. The molecule has 1 aromatic heterocycles. The van der Waals surface area contributed by atoms with Crippen molar-refractivity contribution in [2.24, 2.45) is 5.92 Å². The van der Waals surface area contributed by atoms with E-state index in [-0.39, 0.29) is 23.7 Å². The number of methoxy groups -OCH3 is 3. The molecule has 2 N–H and O–H groups in total. The maximum atomic E-state index is 13.6. The smallest absolute Gasteiger partial charge is 0.252 e. The number of fused-ring (bicyclic) bond motifs is 1. The van der Waals surface area contributed by atoms with Crippen molar-refractivity contribution in [2.45, 2.75) is 38.6 Å². The van der Waals surface area contributed by atoms with E-state index in [1.54, 1.807) is 12.1 Å². The molecule has 0 radical (unpaired) electrons. The van der Waals surface area contributed by atoms with Crippen LogP contribution in [0.4, 0.5) is 0 Å². The summed E-state index contributed by atoms with van der Waals surface area (Å²) in [7, 11) is 4.49. The molecule has 1 aliphatic heterocycles. The Balaban J connectivity index is 1.51. The largest absolute Gasteiger partial charge is 0.493 e. The predicted molar refractivity (Wildman–Crippen MR) is 137 cm³/mol. The summed E-state index contributed by atoms with van der Waals surface area (Å²) < 4.78 is 16.1. The highest BCUT2D eigenvalue weighted by molar-refractivity contribution is 5.98. The van der Waals surface area contributed by atoms with Gasteiger partial charge < -0.3 is 29.4 Å². The van der Waals surface area contributed by atoms with E-state index >= 15 is 0 Å². The van der Waals surface area contributed by atoms with Gasteiger partial charge in [0, 0.05) is 24.6 Å². The van der Waals surface area contributed by atoms with Crippen LogP contribution in [-0.4, -0.2) is 67.1 Å². The number of hydrogen-bond acceptors (Lipinski definition) is 6. The van der Waals surface area contributed by atoms with Crippen LogP contribution in [0.15, 0.2) is 36.4 Å². The summed E-state index contributed by atoms with van der Waals surface area (Å²) >= 11 is 0. The van der Waals surface area contributed by atoms with E-state index in [2.05, 4.69) is 10.3 Å². The van der Waals surface area contributed by atoms with Crippen LogP contribution in [0.5, 0.6) is 17.2 Å². The molecular formula is C27H34N4O5. The van der Waals surface area contributed by atoms with Crippen LogP contribution in [0.1, 0.15) is 48.8 Å². The van der Waals surface area contributed by atoms with Gasteiger partial charge in [0.15, 0.2) is 11.5 Å². The lowest BCUT2D eigenvalue weighted by molar-refractivity contribution is -0.135. The Morgan fingerprint density at radius 3 is 2.39 bits per heavy atom. The van der Waals surface area contributed by atoms with Crippen molar-refractivity contribution in [1.29, 1.82) is 0 Å². The second-order valence-corrected chi connectivity index (χ2v) is 9.37. The van der Waals surface area contributed by atoms with Crippen LogP contribution in [0, 0.1) is 5.92 Å². The number of ether oxygens (including phenoxy) is 3. The molecule has 1 fully saturated rings. The quantitative estimate of drug-likeness (QED) is 0.494. The summed E-state index contributed by atoms with van der Waals surface area (Å²) in [5, 5.41) is 2.94. The van der Waals surface area contributed by atoms with Crippen molar-refractivity contribution in [3.8, 4) is 17.2 Å². The van der Waals surface area contributed by atoms with Gasteiger partial charge in [0.05, 0.1) is 32.4 Å². The predicted octanol–water partition coefficient (Wildman–Crippen LogP) is 3.75. The van der Waals surface area contributed by atoms with Crippen LogP contribution in [0.25, 0.3) is 11.0 Å². The van der Waals surface area contributed by atoms with Crippen LogP contribution in [0.3, 0.4) is 0 Å². The van der Waals surface area contributed by atoms with E-state index < -0.39 is 6.04 Å². The van der Waals surface area contributed by atoms with E-state index in [0.717, 1.165) is 29.7 Å². The lowest BCUT2D eigenvalue weighted by atomic mass is 9.95. The number of H-pyrrole nitrogens is 1. The van der Waals surface area contributed by atoms with Crippen molar-refractivity contribution >= 4 is 22.8 Å². The third-order valence-corrected chi connectivity index (χ3v) is 6.67. The van der Waals surface area contributed by atoms with E-state index in [1.807, 2.05) is 43.0 Å². The van der Waals surface area contributed by atoms with Crippen LogP contribution in [0.2, 0.25) is 0 Å². The SMILES string of the molecule is COc1cc(C(=O)N[C@H](C(=O)N2CCC[C@H](c3nc4ccccc4[nH]3)C2)C(C)C)cc(OC)c1OC. The Bertz CT molecular complexity index is 1180. The number of benzene rings is 2. The second-order valence-electron chi connectivity index (χ2n) is 9.37. The maximum Gasteiger partial charge on any atom is 0.252 e. The van der Waals surface area contributed by atoms with Gasteiger partial charge in [0.25, 0.3) is 5.91 Å². The Kier molecular flexibility index (Phi) is 7.67. The third-order valence-electron chi connectivity index (χ3n) is 6.67. The van der Waals surface area contributed by atoms with E-state index in [0.29, 0.717) is 35.9 Å². The zero-order chi connectivity index (χ0) is 25.8. The summed E-state index contributed by atoms with van der Waals surface area (Å²) in [6.07, 6.45) is 1.83. The molecule has 192 valence electrons. The summed E-state index contributed by atoms with van der Waals surface area (Å²) in [6.45, 7) is 5.07. The maximum absolute atomic E-state index is 13.6. The summed E-state index contributed by atoms with van der Waals surface area (Å²) in [6, 6.07) is 10.4. The fraction of sp³-hybridized carbons (Fsp3) is 0.444. The van der Waals surface area contributed by atoms with Gasteiger partial charge in [-0.1, -0.05) is 26.0 Å². The Morgan fingerprint density at radius 1 is 1.08 bits per heavy atom. The molecule has 3 aromatic rings. The number of hydrogen-bond donors (Lipinski definition) is 2.